The Morgan fingerprint density at radius 3 is 1.89 bits per heavy atom. The van der Waals surface area contributed by atoms with Crippen molar-refractivity contribution in [1.82, 2.24) is 4.48 Å². The molecule has 0 unspecified atom stereocenters. The Bertz CT molecular complexity index is 2840. The molecule has 11 rings (SSSR count). The van der Waals surface area contributed by atoms with Crippen LogP contribution >= 0.6 is 11.8 Å². The van der Waals surface area contributed by atoms with Crippen molar-refractivity contribution in [3.63, 3.8) is 0 Å². The van der Waals surface area contributed by atoms with Crippen LogP contribution in [0.5, 0.6) is 0 Å². The van der Waals surface area contributed by atoms with Gasteiger partial charge in [0.1, 0.15) is 0 Å². The van der Waals surface area contributed by atoms with Crippen molar-refractivity contribution >= 4 is 85.5 Å². The second-order valence-corrected chi connectivity index (χ2v) is 18.5. The highest BCUT2D eigenvalue weighted by atomic mass is 32.2. The van der Waals surface area contributed by atoms with Gasteiger partial charge < -0.3 is 14.3 Å². The van der Waals surface area contributed by atoms with E-state index in [0.29, 0.717) is 0 Å². The summed E-state index contributed by atoms with van der Waals surface area (Å²) in [5.74, 6) is 0. The zero-order chi connectivity index (χ0) is 37.4. The third-order valence-corrected chi connectivity index (χ3v) is 13.1. The molecule has 8 aromatic rings. The van der Waals surface area contributed by atoms with Crippen LogP contribution in [0.4, 0.5) is 34.1 Å². The van der Waals surface area contributed by atoms with Gasteiger partial charge in [0.2, 0.25) is 0 Å². The smallest absolute Gasteiger partial charge is 0.333 e. The minimum atomic E-state index is -0.0417. The molecule has 0 fully saturated rings. The Labute approximate surface area is 328 Å². The first kappa shape index (κ1) is 32.8. The van der Waals surface area contributed by atoms with Crippen molar-refractivity contribution < 1.29 is 0 Å². The Kier molecular flexibility index (Phi) is 6.81. The molecule has 1 aromatic heterocycles. The van der Waals surface area contributed by atoms with Crippen molar-refractivity contribution in [3.8, 4) is 11.1 Å². The predicted octanol–water partition coefficient (Wildman–Crippen LogP) is 12.7. The lowest BCUT2D eigenvalue weighted by Crippen LogP contribution is -2.57. The fourth-order valence-electron chi connectivity index (χ4n) is 9.33. The maximum absolute atomic E-state index is 2.70. The third-order valence-electron chi connectivity index (χ3n) is 12.0. The van der Waals surface area contributed by atoms with Crippen molar-refractivity contribution in [1.29, 1.82) is 0 Å². The zero-order valence-corrected chi connectivity index (χ0v) is 33.0. The number of para-hydroxylation sites is 4. The number of hydrogen-bond acceptors (Lipinski definition) is 3. The summed E-state index contributed by atoms with van der Waals surface area (Å²) in [6, 6.07) is 54.9. The molecule has 5 heteroatoms. The van der Waals surface area contributed by atoms with Crippen molar-refractivity contribution in [2.24, 2.45) is 0 Å². The molecular weight excluding hydrogens is 685 g/mol. The third kappa shape index (κ3) is 4.72. The van der Waals surface area contributed by atoms with Gasteiger partial charge in [-0.1, -0.05) is 120 Å². The second kappa shape index (κ2) is 11.4. The number of hydrogen-bond donors (Lipinski definition) is 0. The fraction of sp³-hybridized carbons (Fsp3) is 0.160. The maximum atomic E-state index is 2.70. The minimum Gasteiger partial charge on any atom is -0.375 e. The highest BCUT2D eigenvalue weighted by molar-refractivity contribution is 7.99. The van der Waals surface area contributed by atoms with Crippen LogP contribution in [0.2, 0.25) is 0 Å². The first-order valence-corrected chi connectivity index (χ1v) is 20.3. The fourth-order valence-corrected chi connectivity index (χ4v) is 10.4. The number of benzene rings is 7. The van der Waals surface area contributed by atoms with E-state index in [1.807, 2.05) is 11.8 Å². The summed E-state index contributed by atoms with van der Waals surface area (Å²) >= 11 is 1.90. The van der Waals surface area contributed by atoms with Crippen LogP contribution in [0, 0.1) is 0 Å². The maximum Gasteiger partial charge on any atom is 0.333 e. The standard InChI is InChI=1S/C50H42BN3S/c1-49(2,3)31-24-25-41-36(26-31)38-27-32(50(4,5)6)28-39-37-29-35(52(33-16-9-7-10-17-33)34-18-11-8-12-19-34)30-43-46(37)51(54(41)47(38)39)40-20-15-23-45-48(40)53(43)42-21-13-14-22-44(42)55-45/h7-30H,1-6H3. The number of fused-ring (bicyclic) bond motifs is 9. The molecule has 266 valence electrons. The molecule has 3 aliphatic heterocycles. The molecule has 0 saturated carbocycles. The summed E-state index contributed by atoms with van der Waals surface area (Å²) < 4.78 is 2.70. The number of nitrogens with zero attached hydrogens (tertiary/aromatic N) is 3. The number of rotatable bonds is 3. The molecule has 0 atom stereocenters. The van der Waals surface area contributed by atoms with E-state index in [1.54, 1.807) is 0 Å². The summed E-state index contributed by atoms with van der Waals surface area (Å²) in [5, 5.41) is 2.68. The molecule has 55 heavy (non-hydrogen) atoms. The van der Waals surface area contributed by atoms with E-state index < -0.39 is 0 Å². The summed E-state index contributed by atoms with van der Waals surface area (Å²) in [6.07, 6.45) is 0. The quantitative estimate of drug-likeness (QED) is 0.168. The van der Waals surface area contributed by atoms with Crippen LogP contribution < -0.4 is 20.7 Å². The molecule has 4 heterocycles. The Hall–Kier alpha value is -5.65. The van der Waals surface area contributed by atoms with Crippen LogP contribution in [0.25, 0.3) is 32.9 Å². The van der Waals surface area contributed by atoms with Crippen LogP contribution in [0.3, 0.4) is 0 Å². The Morgan fingerprint density at radius 1 is 0.527 bits per heavy atom. The van der Waals surface area contributed by atoms with Crippen molar-refractivity contribution in [3.05, 3.63) is 157 Å². The van der Waals surface area contributed by atoms with Crippen molar-refractivity contribution in [2.75, 3.05) is 9.80 Å². The second-order valence-electron chi connectivity index (χ2n) is 17.5. The molecule has 0 saturated heterocycles. The topological polar surface area (TPSA) is 11.4 Å². The van der Waals surface area contributed by atoms with Gasteiger partial charge in [0.15, 0.2) is 0 Å². The van der Waals surface area contributed by atoms with Gasteiger partial charge in [0.25, 0.3) is 0 Å². The van der Waals surface area contributed by atoms with E-state index in [4.69, 9.17) is 0 Å². The molecule has 3 aliphatic rings. The molecule has 3 nitrogen and oxygen atoms in total. The van der Waals surface area contributed by atoms with E-state index in [-0.39, 0.29) is 17.7 Å². The molecule has 0 aliphatic carbocycles. The molecule has 0 spiro atoms. The van der Waals surface area contributed by atoms with Gasteiger partial charge in [0.05, 0.1) is 11.4 Å². The van der Waals surface area contributed by atoms with Crippen LogP contribution in [0.15, 0.2) is 155 Å². The van der Waals surface area contributed by atoms with Gasteiger partial charge in [-0.2, -0.15) is 0 Å². The highest BCUT2D eigenvalue weighted by Crippen LogP contribution is 2.55. The van der Waals surface area contributed by atoms with Gasteiger partial charge in [-0.25, -0.2) is 0 Å². The minimum absolute atomic E-state index is 0.00601. The first-order chi connectivity index (χ1) is 26.6. The van der Waals surface area contributed by atoms with Crippen LogP contribution in [-0.4, -0.2) is 11.3 Å². The van der Waals surface area contributed by atoms with Gasteiger partial charge in [0, 0.05) is 59.9 Å². The summed E-state index contributed by atoms with van der Waals surface area (Å²) in [5.41, 5.74) is 17.9. The average molecular weight is 728 g/mol. The van der Waals surface area contributed by atoms with E-state index >= 15 is 0 Å². The van der Waals surface area contributed by atoms with Crippen molar-refractivity contribution in [2.45, 2.75) is 62.2 Å². The summed E-state index contributed by atoms with van der Waals surface area (Å²) in [6.45, 7) is 14.0. The Balaban J connectivity index is 1.33. The number of anilines is 6. The monoisotopic (exact) mass is 727 g/mol. The van der Waals surface area contributed by atoms with Crippen LogP contribution in [0.1, 0.15) is 52.7 Å². The SMILES string of the molecule is CC(C)(C)c1ccc2c(c1)c1cc(C(C)(C)C)cc3c1n2B1c2cccc4c2N(c2ccccc2S4)c2cc(N(c4ccccc4)c4ccccc4)cc-3c21. The van der Waals surface area contributed by atoms with E-state index in [9.17, 15) is 0 Å². The van der Waals surface area contributed by atoms with Gasteiger partial charge in [-0.3, -0.25) is 0 Å². The number of aromatic nitrogens is 1. The molecule has 0 bridgehead atoms. The first-order valence-electron chi connectivity index (χ1n) is 19.5. The van der Waals surface area contributed by atoms with E-state index in [2.05, 4.69) is 201 Å². The lowest BCUT2D eigenvalue weighted by molar-refractivity contribution is 0.590. The molecule has 0 radical (unpaired) electrons. The molecular formula is C50H42BN3S. The van der Waals surface area contributed by atoms with Gasteiger partial charge in [-0.05, 0) is 117 Å². The van der Waals surface area contributed by atoms with Gasteiger partial charge >= 0.3 is 6.85 Å². The molecule has 0 N–H and O–H groups in total. The normalized spacial score (nSPS) is 13.9. The molecule has 0 amide bonds. The largest absolute Gasteiger partial charge is 0.375 e. The van der Waals surface area contributed by atoms with Gasteiger partial charge in [-0.15, -0.1) is 0 Å². The summed E-state index contributed by atoms with van der Waals surface area (Å²) in [4.78, 5) is 7.60. The average Bonchev–Trinajstić information content (AvgIpc) is 3.51. The highest BCUT2D eigenvalue weighted by Gasteiger charge is 2.46. The zero-order valence-electron chi connectivity index (χ0n) is 32.2. The van der Waals surface area contributed by atoms with E-state index in [1.165, 1.54) is 81.8 Å². The lowest BCUT2D eigenvalue weighted by Gasteiger charge is -2.44. The van der Waals surface area contributed by atoms with E-state index in [0.717, 1.165) is 17.1 Å². The molecule has 7 aromatic carbocycles. The summed E-state index contributed by atoms with van der Waals surface area (Å²) in [7, 11) is 0. The van der Waals surface area contributed by atoms with Crippen LogP contribution in [-0.2, 0) is 10.8 Å². The Morgan fingerprint density at radius 2 is 1.18 bits per heavy atom. The lowest BCUT2D eigenvalue weighted by atomic mass is 9.45. The predicted molar refractivity (Wildman–Crippen MR) is 236 cm³/mol.